The number of imide groups is 1. The van der Waals surface area contributed by atoms with Crippen LogP contribution in [-0.2, 0) is 4.74 Å². The number of fused-ring (bicyclic) bond motifs is 1. The molecule has 5 heteroatoms. The van der Waals surface area contributed by atoms with Crippen LogP contribution in [0, 0.1) is 5.92 Å². The molecule has 0 spiro atoms. The third kappa shape index (κ3) is 3.04. The second kappa shape index (κ2) is 7.02. The second-order valence-corrected chi connectivity index (χ2v) is 6.99. The number of carbonyl (C=O) groups is 2. The average molecular weight is 350 g/mol. The van der Waals surface area contributed by atoms with Gasteiger partial charge in [0.25, 0.3) is 11.8 Å². The highest BCUT2D eigenvalue weighted by Crippen LogP contribution is 2.32. The first-order chi connectivity index (χ1) is 12.6. The van der Waals surface area contributed by atoms with Crippen LogP contribution < -0.4 is 0 Å². The predicted molar refractivity (Wildman–Crippen MR) is 97.9 cm³/mol. The second-order valence-electron chi connectivity index (χ2n) is 6.99. The highest BCUT2D eigenvalue weighted by atomic mass is 16.5. The molecule has 0 bridgehead atoms. The maximum absolute atomic E-state index is 12.7. The summed E-state index contributed by atoms with van der Waals surface area (Å²) in [6.45, 7) is 2.60. The smallest absolute Gasteiger partial charge is 0.261 e. The molecule has 4 rings (SSSR count). The number of hydrogen-bond donors (Lipinski definition) is 0. The number of hydrogen-bond acceptors (Lipinski definition) is 4. The molecule has 2 aliphatic heterocycles. The minimum atomic E-state index is -0.204. The molecule has 0 aliphatic carbocycles. The van der Waals surface area contributed by atoms with Gasteiger partial charge in [-0.1, -0.05) is 42.5 Å². The molecule has 0 N–H and O–H groups in total. The number of benzene rings is 2. The quantitative estimate of drug-likeness (QED) is 0.799. The summed E-state index contributed by atoms with van der Waals surface area (Å²) >= 11 is 0. The van der Waals surface area contributed by atoms with Gasteiger partial charge >= 0.3 is 0 Å². The molecule has 1 fully saturated rings. The monoisotopic (exact) mass is 350 g/mol. The zero-order chi connectivity index (χ0) is 18.1. The Balaban J connectivity index is 1.62. The van der Waals surface area contributed by atoms with Crippen LogP contribution >= 0.6 is 0 Å². The number of amides is 2. The Bertz CT molecular complexity index is 786. The molecule has 2 aliphatic rings. The van der Waals surface area contributed by atoms with Gasteiger partial charge in [0.1, 0.15) is 0 Å². The lowest BCUT2D eigenvalue weighted by Crippen LogP contribution is -2.40. The topological polar surface area (TPSA) is 49.9 Å². The van der Waals surface area contributed by atoms with Crippen molar-refractivity contribution in [2.24, 2.45) is 5.92 Å². The first-order valence-electron chi connectivity index (χ1n) is 8.95. The first-order valence-corrected chi connectivity index (χ1v) is 8.95. The van der Waals surface area contributed by atoms with Crippen molar-refractivity contribution in [3.8, 4) is 0 Å². The molecule has 0 saturated carbocycles. The van der Waals surface area contributed by atoms with Crippen molar-refractivity contribution in [3.63, 3.8) is 0 Å². The summed E-state index contributed by atoms with van der Waals surface area (Å²) in [6, 6.07) is 17.1. The third-order valence-electron chi connectivity index (χ3n) is 5.17. The van der Waals surface area contributed by atoms with Crippen molar-refractivity contribution in [3.05, 3.63) is 71.3 Å². The minimum absolute atomic E-state index is 0.0205. The zero-order valence-corrected chi connectivity index (χ0v) is 14.8. The Morgan fingerprint density at radius 2 is 1.58 bits per heavy atom. The van der Waals surface area contributed by atoms with Gasteiger partial charge in [0.15, 0.2) is 0 Å². The summed E-state index contributed by atoms with van der Waals surface area (Å²) in [5.74, 6) is -0.388. The van der Waals surface area contributed by atoms with Crippen molar-refractivity contribution >= 4 is 11.8 Å². The van der Waals surface area contributed by atoms with E-state index in [1.54, 1.807) is 24.3 Å². The zero-order valence-electron chi connectivity index (χ0n) is 14.8. The van der Waals surface area contributed by atoms with Gasteiger partial charge in [-0.2, -0.15) is 0 Å². The van der Waals surface area contributed by atoms with Crippen molar-refractivity contribution in [2.75, 3.05) is 33.3 Å². The fourth-order valence-electron chi connectivity index (χ4n) is 3.86. The van der Waals surface area contributed by atoms with Crippen LogP contribution in [0.2, 0.25) is 0 Å². The molecular formula is C21H22N2O3. The van der Waals surface area contributed by atoms with E-state index in [4.69, 9.17) is 4.74 Å². The van der Waals surface area contributed by atoms with Crippen LogP contribution in [0.5, 0.6) is 0 Å². The third-order valence-corrected chi connectivity index (χ3v) is 5.17. The Kier molecular flexibility index (Phi) is 4.57. The number of nitrogens with zero attached hydrogens (tertiary/aromatic N) is 2. The molecule has 1 unspecified atom stereocenters. The van der Waals surface area contributed by atoms with E-state index in [9.17, 15) is 9.59 Å². The van der Waals surface area contributed by atoms with Gasteiger partial charge in [0, 0.05) is 25.6 Å². The highest BCUT2D eigenvalue weighted by molar-refractivity contribution is 6.21. The van der Waals surface area contributed by atoms with Crippen LogP contribution in [0.4, 0.5) is 0 Å². The molecule has 2 amide bonds. The number of rotatable bonds is 3. The lowest BCUT2D eigenvalue weighted by Gasteiger charge is -2.29. The van der Waals surface area contributed by atoms with Crippen molar-refractivity contribution in [1.82, 2.24) is 9.80 Å². The van der Waals surface area contributed by atoms with Crippen molar-refractivity contribution in [2.45, 2.75) is 6.10 Å². The van der Waals surface area contributed by atoms with Crippen LogP contribution in [-0.4, -0.2) is 54.9 Å². The van der Waals surface area contributed by atoms with Gasteiger partial charge in [0.05, 0.1) is 23.8 Å². The summed E-state index contributed by atoms with van der Waals surface area (Å²) in [4.78, 5) is 29.1. The molecule has 0 radical (unpaired) electrons. The molecule has 134 valence electrons. The van der Waals surface area contributed by atoms with Gasteiger partial charge in [-0.3, -0.25) is 14.5 Å². The normalized spacial score (nSPS) is 23.8. The SMILES string of the molecule is CN1CCOC(c2ccccc2)[C@@H](CN2C(=O)c3ccccc3C2=O)C1. The molecule has 0 aromatic heterocycles. The number of carbonyl (C=O) groups excluding carboxylic acids is 2. The molecular weight excluding hydrogens is 328 g/mol. The Hall–Kier alpha value is -2.50. The minimum Gasteiger partial charge on any atom is -0.372 e. The van der Waals surface area contributed by atoms with E-state index >= 15 is 0 Å². The Morgan fingerprint density at radius 1 is 0.962 bits per heavy atom. The van der Waals surface area contributed by atoms with E-state index < -0.39 is 0 Å². The van der Waals surface area contributed by atoms with Crippen molar-refractivity contribution < 1.29 is 14.3 Å². The van der Waals surface area contributed by atoms with Crippen molar-refractivity contribution in [1.29, 1.82) is 0 Å². The molecule has 2 aromatic carbocycles. The van der Waals surface area contributed by atoms with E-state index in [1.165, 1.54) is 4.90 Å². The van der Waals surface area contributed by atoms with E-state index in [2.05, 4.69) is 4.90 Å². The summed E-state index contributed by atoms with van der Waals surface area (Å²) in [7, 11) is 2.05. The first kappa shape index (κ1) is 16.9. The van der Waals surface area contributed by atoms with Crippen LogP contribution in [0.15, 0.2) is 54.6 Å². The van der Waals surface area contributed by atoms with E-state index in [0.29, 0.717) is 24.3 Å². The fraction of sp³-hybridized carbons (Fsp3) is 0.333. The van der Waals surface area contributed by atoms with Crippen LogP contribution in [0.25, 0.3) is 0 Å². The van der Waals surface area contributed by atoms with Crippen LogP contribution in [0.1, 0.15) is 32.4 Å². The van der Waals surface area contributed by atoms with E-state index in [-0.39, 0.29) is 23.8 Å². The summed E-state index contributed by atoms with van der Waals surface area (Å²) in [5, 5.41) is 0. The van der Waals surface area contributed by atoms with E-state index in [0.717, 1.165) is 18.7 Å². The Labute approximate surface area is 153 Å². The number of likely N-dealkylation sites (N-methyl/N-ethyl adjacent to an activating group) is 1. The van der Waals surface area contributed by atoms with Gasteiger partial charge in [0.2, 0.25) is 0 Å². The van der Waals surface area contributed by atoms with Gasteiger partial charge in [-0.15, -0.1) is 0 Å². The van der Waals surface area contributed by atoms with Gasteiger partial charge in [-0.05, 0) is 24.7 Å². The standard InChI is InChI=1S/C21H22N2O3/c1-22-11-12-26-19(15-7-3-2-4-8-15)16(13-22)14-23-20(24)17-9-5-6-10-18(17)21(23)25/h2-10,16,19H,11-14H2,1H3/t16-,19?/m1/s1. The molecule has 5 nitrogen and oxygen atoms in total. The summed E-state index contributed by atoms with van der Waals surface area (Å²) in [6.07, 6.45) is -0.134. The predicted octanol–water partition coefficient (Wildman–Crippen LogP) is 2.60. The molecule has 1 saturated heterocycles. The van der Waals surface area contributed by atoms with Crippen LogP contribution in [0.3, 0.4) is 0 Å². The number of ether oxygens (including phenoxy) is 1. The molecule has 2 heterocycles. The van der Waals surface area contributed by atoms with E-state index in [1.807, 2.05) is 37.4 Å². The highest BCUT2D eigenvalue weighted by Gasteiger charge is 2.39. The summed E-state index contributed by atoms with van der Waals surface area (Å²) < 4.78 is 6.14. The lowest BCUT2D eigenvalue weighted by atomic mass is 9.94. The van der Waals surface area contributed by atoms with Gasteiger partial charge < -0.3 is 9.64 Å². The molecule has 2 atom stereocenters. The maximum atomic E-state index is 12.7. The summed E-state index contributed by atoms with van der Waals surface area (Å²) in [5.41, 5.74) is 2.08. The largest absolute Gasteiger partial charge is 0.372 e. The lowest BCUT2D eigenvalue weighted by molar-refractivity contribution is 0.0190. The average Bonchev–Trinajstić information content (AvgIpc) is 2.80. The fourth-order valence-corrected chi connectivity index (χ4v) is 3.86. The molecule has 26 heavy (non-hydrogen) atoms. The maximum Gasteiger partial charge on any atom is 0.261 e. The molecule has 2 aromatic rings. The van der Waals surface area contributed by atoms with Gasteiger partial charge in [-0.25, -0.2) is 0 Å². The Morgan fingerprint density at radius 3 is 2.23 bits per heavy atom.